The van der Waals surface area contributed by atoms with E-state index in [0.717, 1.165) is 17.7 Å². The fourth-order valence-corrected chi connectivity index (χ4v) is 5.25. The second-order valence-electron chi connectivity index (χ2n) is 9.53. The second-order valence-corrected chi connectivity index (χ2v) is 9.53. The number of ether oxygens (including phenoxy) is 1. The summed E-state index contributed by atoms with van der Waals surface area (Å²) in [6.45, 7) is 0.176. The molecule has 5 rings (SSSR count). The Hall–Kier alpha value is -3.06. The highest BCUT2D eigenvalue weighted by Gasteiger charge is 2.60. The van der Waals surface area contributed by atoms with Gasteiger partial charge in [-0.2, -0.15) is 31.4 Å². The van der Waals surface area contributed by atoms with Crippen LogP contribution in [-0.2, 0) is 4.74 Å². The molecule has 2 aromatic rings. The number of hydrogen-bond donors (Lipinski definition) is 0. The Kier molecular flexibility index (Phi) is 5.82. The third-order valence-corrected chi connectivity index (χ3v) is 7.19. The Balaban J connectivity index is 1.32. The standard InChI is InChI=1S/C22H23F6N5O3/c23-21(24,25)18(22(26,27)28)36-19(35)31-11-7-20(8-12-31)6-2-10-32(20)17(34)16-15(13-4-5-13)30-14-3-1-9-29-33(14)16/h1,3,9,13,18H,2,4-8,10-12H2. The molecule has 3 fully saturated rings. The van der Waals surface area contributed by atoms with Crippen LogP contribution in [0.25, 0.3) is 5.65 Å². The first kappa shape index (κ1) is 24.6. The number of rotatable bonds is 3. The van der Waals surface area contributed by atoms with Gasteiger partial charge in [0, 0.05) is 37.3 Å². The predicted octanol–water partition coefficient (Wildman–Crippen LogP) is 4.31. The Morgan fingerprint density at radius 2 is 1.69 bits per heavy atom. The largest absolute Gasteiger partial charge is 0.434 e. The minimum Gasteiger partial charge on any atom is -0.426 e. The van der Waals surface area contributed by atoms with Gasteiger partial charge in [-0.1, -0.05) is 0 Å². The normalized spacial score (nSPS) is 20.5. The molecule has 36 heavy (non-hydrogen) atoms. The Morgan fingerprint density at radius 1 is 1.03 bits per heavy atom. The maximum Gasteiger partial charge on any atom is 0.434 e. The van der Waals surface area contributed by atoms with Gasteiger partial charge in [0.1, 0.15) is 0 Å². The van der Waals surface area contributed by atoms with Gasteiger partial charge < -0.3 is 14.5 Å². The molecule has 14 heteroatoms. The van der Waals surface area contributed by atoms with Gasteiger partial charge in [0.05, 0.1) is 5.69 Å². The van der Waals surface area contributed by atoms with Crippen LogP contribution in [0, 0.1) is 0 Å². The first-order valence-corrected chi connectivity index (χ1v) is 11.7. The van der Waals surface area contributed by atoms with E-state index in [0.29, 0.717) is 36.4 Å². The van der Waals surface area contributed by atoms with Gasteiger partial charge in [0.25, 0.3) is 12.0 Å². The highest BCUT2D eigenvalue weighted by Crippen LogP contribution is 2.44. The Morgan fingerprint density at radius 3 is 2.31 bits per heavy atom. The highest BCUT2D eigenvalue weighted by atomic mass is 19.4. The number of aromatic nitrogens is 3. The SMILES string of the molecule is O=C(OC(C(F)(F)F)C(F)(F)F)N1CCC2(CCCN2C(=O)c2c(C3CC3)nc3cccnn23)CC1. The van der Waals surface area contributed by atoms with E-state index in [4.69, 9.17) is 0 Å². The van der Waals surface area contributed by atoms with E-state index < -0.39 is 30.1 Å². The fraction of sp³-hybridized carbons (Fsp3) is 0.636. The van der Waals surface area contributed by atoms with E-state index in [2.05, 4.69) is 14.8 Å². The van der Waals surface area contributed by atoms with Crippen molar-refractivity contribution in [3.8, 4) is 0 Å². The smallest absolute Gasteiger partial charge is 0.426 e. The second kappa shape index (κ2) is 8.51. The van der Waals surface area contributed by atoms with Crippen LogP contribution in [0.1, 0.15) is 60.6 Å². The molecule has 1 saturated carbocycles. The molecule has 2 aromatic heterocycles. The minimum absolute atomic E-state index is 0.133. The monoisotopic (exact) mass is 519 g/mol. The highest BCUT2D eigenvalue weighted by molar-refractivity contribution is 5.95. The van der Waals surface area contributed by atoms with Gasteiger partial charge in [0.2, 0.25) is 0 Å². The van der Waals surface area contributed by atoms with Crippen molar-refractivity contribution in [3.63, 3.8) is 0 Å². The zero-order chi connectivity index (χ0) is 25.9. The summed E-state index contributed by atoms with van der Waals surface area (Å²) in [6, 6.07) is 3.48. The summed E-state index contributed by atoms with van der Waals surface area (Å²) in [5, 5.41) is 4.29. The molecule has 2 saturated heterocycles. The average molecular weight is 519 g/mol. The van der Waals surface area contributed by atoms with Gasteiger partial charge in [-0.05, 0) is 50.7 Å². The van der Waals surface area contributed by atoms with E-state index in [1.165, 1.54) is 4.52 Å². The number of piperidine rings is 1. The van der Waals surface area contributed by atoms with Crippen molar-refractivity contribution in [2.45, 2.75) is 68.4 Å². The summed E-state index contributed by atoms with van der Waals surface area (Å²) in [6.07, 6.45) is -12.3. The van der Waals surface area contributed by atoms with Gasteiger partial charge in [-0.3, -0.25) is 4.79 Å². The van der Waals surface area contributed by atoms with Gasteiger partial charge >= 0.3 is 18.4 Å². The van der Waals surface area contributed by atoms with E-state index in [1.54, 1.807) is 23.2 Å². The molecule has 1 aliphatic carbocycles. The van der Waals surface area contributed by atoms with Crippen LogP contribution in [0.2, 0.25) is 0 Å². The number of likely N-dealkylation sites (tertiary alicyclic amines) is 2. The zero-order valence-corrected chi connectivity index (χ0v) is 19.0. The van der Waals surface area contributed by atoms with Gasteiger partial charge in [-0.15, -0.1) is 0 Å². The van der Waals surface area contributed by atoms with E-state index in [-0.39, 0.29) is 37.8 Å². The molecule has 4 heterocycles. The van der Waals surface area contributed by atoms with Crippen LogP contribution in [0.4, 0.5) is 31.1 Å². The molecule has 0 N–H and O–H groups in total. The lowest BCUT2D eigenvalue weighted by atomic mass is 9.85. The summed E-state index contributed by atoms with van der Waals surface area (Å²) < 4.78 is 82.1. The number of imidazole rings is 1. The molecular weight excluding hydrogens is 496 g/mol. The maximum atomic E-state index is 13.8. The van der Waals surface area contributed by atoms with Crippen molar-refractivity contribution in [1.82, 2.24) is 24.4 Å². The van der Waals surface area contributed by atoms with Crippen molar-refractivity contribution in [2.75, 3.05) is 19.6 Å². The molecular formula is C22H23F6N5O3. The molecule has 196 valence electrons. The van der Waals surface area contributed by atoms with Crippen LogP contribution < -0.4 is 0 Å². The molecule has 0 atom stereocenters. The topological polar surface area (TPSA) is 80.0 Å². The van der Waals surface area contributed by atoms with Gasteiger partial charge in [-0.25, -0.2) is 14.3 Å². The van der Waals surface area contributed by atoms with E-state index in [1.807, 2.05) is 0 Å². The van der Waals surface area contributed by atoms with E-state index >= 15 is 0 Å². The van der Waals surface area contributed by atoms with Crippen molar-refractivity contribution < 1.29 is 40.7 Å². The molecule has 2 amide bonds. The summed E-state index contributed by atoms with van der Waals surface area (Å²) >= 11 is 0. The quantitative estimate of drug-likeness (QED) is 0.565. The molecule has 0 radical (unpaired) electrons. The lowest BCUT2D eigenvalue weighted by Gasteiger charge is -2.44. The van der Waals surface area contributed by atoms with Crippen LogP contribution in [0.5, 0.6) is 0 Å². The number of hydrogen-bond acceptors (Lipinski definition) is 5. The molecule has 1 spiro atoms. The lowest BCUT2D eigenvalue weighted by molar-refractivity contribution is -0.308. The van der Waals surface area contributed by atoms with E-state index in [9.17, 15) is 35.9 Å². The van der Waals surface area contributed by atoms with Crippen LogP contribution in [0.3, 0.4) is 0 Å². The molecule has 0 aromatic carbocycles. The van der Waals surface area contributed by atoms with Crippen molar-refractivity contribution in [2.24, 2.45) is 0 Å². The van der Waals surface area contributed by atoms with Crippen molar-refractivity contribution in [3.05, 3.63) is 29.7 Å². The number of amides is 2. The average Bonchev–Trinajstić information content (AvgIpc) is 3.47. The molecule has 3 aliphatic rings. The number of fused-ring (bicyclic) bond motifs is 1. The fourth-order valence-electron chi connectivity index (χ4n) is 5.25. The Labute approximate surface area is 201 Å². The molecule has 0 unspecified atom stereocenters. The molecule has 8 nitrogen and oxygen atoms in total. The summed E-state index contributed by atoms with van der Waals surface area (Å²) in [4.78, 5) is 33.1. The minimum atomic E-state index is -5.78. The number of carbonyl (C=O) groups is 2. The lowest BCUT2D eigenvalue weighted by Crippen LogP contribution is -2.56. The van der Waals surface area contributed by atoms with Crippen LogP contribution >= 0.6 is 0 Å². The first-order chi connectivity index (χ1) is 16.9. The first-order valence-electron chi connectivity index (χ1n) is 11.7. The maximum absolute atomic E-state index is 13.8. The van der Waals surface area contributed by atoms with Crippen molar-refractivity contribution >= 4 is 17.6 Å². The summed E-state index contributed by atoms with van der Waals surface area (Å²) in [5.41, 5.74) is 0.958. The third kappa shape index (κ3) is 4.34. The summed E-state index contributed by atoms with van der Waals surface area (Å²) in [7, 11) is 0. The van der Waals surface area contributed by atoms with Gasteiger partial charge in [0.15, 0.2) is 11.3 Å². The number of nitrogens with zero attached hydrogens (tertiary/aromatic N) is 5. The van der Waals surface area contributed by atoms with Crippen molar-refractivity contribution in [1.29, 1.82) is 0 Å². The number of halogens is 6. The third-order valence-electron chi connectivity index (χ3n) is 7.19. The summed E-state index contributed by atoms with van der Waals surface area (Å²) in [5.74, 6) is -0.0816. The zero-order valence-electron chi connectivity index (χ0n) is 19.0. The van der Waals surface area contributed by atoms with Crippen LogP contribution in [0.15, 0.2) is 18.3 Å². The predicted molar refractivity (Wildman–Crippen MR) is 111 cm³/mol. The molecule has 2 aliphatic heterocycles. The Bertz CT molecular complexity index is 1150. The molecule has 0 bridgehead atoms. The van der Waals surface area contributed by atoms with Crippen LogP contribution in [-0.4, -0.2) is 80.0 Å². The number of carbonyl (C=O) groups excluding carboxylic acids is 2. The number of alkyl halides is 6.